The molecule has 0 aromatic heterocycles. The molecule has 2 fully saturated rings. The lowest BCUT2D eigenvalue weighted by Crippen LogP contribution is -2.50. The van der Waals surface area contributed by atoms with Gasteiger partial charge in [-0.25, -0.2) is 4.79 Å². The molecule has 1 N–H and O–H groups in total. The fourth-order valence-electron chi connectivity index (χ4n) is 5.76. The molecule has 2 aliphatic rings. The normalized spacial score (nSPS) is 16.5. The fourth-order valence-corrected chi connectivity index (χ4v) is 5.76. The largest absolute Gasteiger partial charge is 0.489 e. The predicted molar refractivity (Wildman–Crippen MR) is 171 cm³/mol. The number of alkyl carbamates (subject to hydrolysis) is 1. The number of carbonyl (C=O) groups excluding carboxylic acids is 2. The molecule has 8 heteroatoms. The number of ether oxygens (including phenoxy) is 4. The number of hydrogen-bond donors (Lipinski definition) is 1. The number of amides is 1. The Bertz CT molecular complexity index is 1470. The minimum Gasteiger partial charge on any atom is -0.489 e. The van der Waals surface area contributed by atoms with Crippen molar-refractivity contribution in [2.45, 2.75) is 65.2 Å². The second-order valence-electron chi connectivity index (χ2n) is 13.0. The third kappa shape index (κ3) is 7.91. The van der Waals surface area contributed by atoms with Crippen molar-refractivity contribution in [1.82, 2.24) is 5.32 Å². The van der Waals surface area contributed by atoms with Gasteiger partial charge in [0.25, 0.3) is 0 Å². The van der Waals surface area contributed by atoms with Gasteiger partial charge in [0, 0.05) is 29.8 Å². The summed E-state index contributed by atoms with van der Waals surface area (Å²) in [5, 5.41) is 2.95. The summed E-state index contributed by atoms with van der Waals surface area (Å²) in [6.45, 7) is 11.6. The second kappa shape index (κ2) is 13.3. The van der Waals surface area contributed by atoms with Crippen LogP contribution < -0.4 is 15.0 Å². The molecule has 1 spiro atoms. The van der Waals surface area contributed by atoms with E-state index in [9.17, 15) is 9.59 Å². The zero-order valence-corrected chi connectivity index (χ0v) is 26.5. The number of para-hydroxylation sites is 1. The maximum absolute atomic E-state index is 12.4. The van der Waals surface area contributed by atoms with E-state index < -0.39 is 11.7 Å². The molecule has 1 unspecified atom stereocenters. The standard InChI is InChI=1S/C36H44N2O6/c1-25(37-34(40)44-35(2,3)4)27-10-8-11-28(19-27)30-17-26(22-43-32-12-7-6-9-29(32)21-33(39)41-5)18-31(20-30)38-15-13-36(14-16-38)23-42-24-36/h6-12,17-20,25H,13-16,21-24H2,1-5H3,(H,37,40). The quantitative estimate of drug-likeness (QED) is 0.269. The maximum atomic E-state index is 12.4. The molecule has 1 amide bonds. The molecule has 0 bridgehead atoms. The van der Waals surface area contributed by atoms with Gasteiger partial charge in [0.1, 0.15) is 18.0 Å². The lowest BCUT2D eigenvalue weighted by molar-refractivity contribution is -0.139. The molecule has 2 saturated heterocycles. The number of hydrogen-bond acceptors (Lipinski definition) is 7. The van der Waals surface area contributed by atoms with Gasteiger partial charge in [-0.15, -0.1) is 0 Å². The van der Waals surface area contributed by atoms with Gasteiger partial charge in [0.2, 0.25) is 0 Å². The first-order chi connectivity index (χ1) is 21.0. The van der Waals surface area contributed by atoms with Crippen molar-refractivity contribution in [2.24, 2.45) is 5.41 Å². The van der Waals surface area contributed by atoms with E-state index in [-0.39, 0.29) is 18.4 Å². The number of rotatable bonds is 9. The summed E-state index contributed by atoms with van der Waals surface area (Å²) in [7, 11) is 1.39. The van der Waals surface area contributed by atoms with Crippen LogP contribution in [0.5, 0.6) is 5.75 Å². The molecular formula is C36H44N2O6. The Morgan fingerprint density at radius 3 is 2.41 bits per heavy atom. The Morgan fingerprint density at radius 2 is 1.73 bits per heavy atom. The molecule has 8 nitrogen and oxygen atoms in total. The number of piperidine rings is 1. The van der Waals surface area contributed by atoms with Crippen LogP contribution in [0.2, 0.25) is 0 Å². The maximum Gasteiger partial charge on any atom is 0.408 e. The molecular weight excluding hydrogens is 556 g/mol. The number of anilines is 1. The van der Waals surface area contributed by atoms with E-state index in [0.717, 1.165) is 72.6 Å². The summed E-state index contributed by atoms with van der Waals surface area (Å²) in [5.41, 5.74) is 5.86. The van der Waals surface area contributed by atoms with E-state index in [1.54, 1.807) is 0 Å². The van der Waals surface area contributed by atoms with Gasteiger partial charge < -0.3 is 29.2 Å². The number of nitrogens with zero attached hydrogens (tertiary/aromatic N) is 1. The highest BCUT2D eigenvalue weighted by Crippen LogP contribution is 2.40. The molecule has 2 aliphatic heterocycles. The molecule has 3 aromatic carbocycles. The summed E-state index contributed by atoms with van der Waals surface area (Å²) in [5.74, 6) is 0.360. The van der Waals surface area contributed by atoms with E-state index in [0.29, 0.717) is 17.8 Å². The Hall–Kier alpha value is -4.04. The van der Waals surface area contributed by atoms with Crippen LogP contribution in [0.25, 0.3) is 11.1 Å². The van der Waals surface area contributed by atoms with Gasteiger partial charge in [-0.2, -0.15) is 0 Å². The summed E-state index contributed by atoms with van der Waals surface area (Å²) in [6, 6.07) is 22.2. The fraction of sp³-hybridized carbons (Fsp3) is 0.444. The average Bonchev–Trinajstić information content (AvgIpc) is 2.98. The Labute approximate surface area is 260 Å². The number of nitrogens with one attached hydrogen (secondary N) is 1. The van der Waals surface area contributed by atoms with Gasteiger partial charge in [-0.3, -0.25) is 4.79 Å². The van der Waals surface area contributed by atoms with Crippen molar-refractivity contribution in [3.8, 4) is 16.9 Å². The van der Waals surface area contributed by atoms with Crippen molar-refractivity contribution in [1.29, 1.82) is 0 Å². The van der Waals surface area contributed by atoms with Crippen molar-refractivity contribution in [2.75, 3.05) is 38.3 Å². The summed E-state index contributed by atoms with van der Waals surface area (Å²) >= 11 is 0. The summed E-state index contributed by atoms with van der Waals surface area (Å²) < 4.78 is 22.2. The van der Waals surface area contributed by atoms with E-state index in [1.807, 2.05) is 64.1 Å². The van der Waals surface area contributed by atoms with Crippen LogP contribution in [0.1, 0.15) is 63.3 Å². The van der Waals surface area contributed by atoms with Gasteiger partial charge in [-0.1, -0.05) is 36.4 Å². The van der Waals surface area contributed by atoms with Crippen LogP contribution in [0.4, 0.5) is 10.5 Å². The predicted octanol–water partition coefficient (Wildman–Crippen LogP) is 6.85. The monoisotopic (exact) mass is 600 g/mol. The van der Waals surface area contributed by atoms with Gasteiger partial charge in [0.15, 0.2) is 0 Å². The molecule has 3 aromatic rings. The lowest BCUT2D eigenvalue weighted by Gasteiger charge is -2.48. The van der Waals surface area contributed by atoms with Crippen LogP contribution in [0, 0.1) is 5.41 Å². The van der Waals surface area contributed by atoms with Crippen molar-refractivity contribution in [3.63, 3.8) is 0 Å². The van der Waals surface area contributed by atoms with Gasteiger partial charge >= 0.3 is 12.1 Å². The Balaban J connectivity index is 1.40. The lowest BCUT2D eigenvalue weighted by atomic mass is 9.76. The van der Waals surface area contributed by atoms with Gasteiger partial charge in [0.05, 0.1) is 32.8 Å². The molecule has 44 heavy (non-hydrogen) atoms. The molecule has 0 saturated carbocycles. The summed E-state index contributed by atoms with van der Waals surface area (Å²) in [6.07, 6.45) is 1.95. The van der Waals surface area contributed by atoms with E-state index in [4.69, 9.17) is 18.9 Å². The number of methoxy groups -OCH3 is 1. The first-order valence-corrected chi connectivity index (χ1v) is 15.4. The Kier molecular flexibility index (Phi) is 9.49. The highest BCUT2D eigenvalue weighted by Gasteiger charge is 2.41. The van der Waals surface area contributed by atoms with E-state index in [2.05, 4.69) is 40.5 Å². The first kappa shape index (κ1) is 31.4. The zero-order chi connectivity index (χ0) is 31.3. The topological polar surface area (TPSA) is 86.3 Å². The smallest absolute Gasteiger partial charge is 0.408 e. The molecule has 0 aliphatic carbocycles. The summed E-state index contributed by atoms with van der Waals surface area (Å²) in [4.78, 5) is 26.9. The molecule has 5 rings (SSSR count). The van der Waals surface area contributed by atoms with Crippen molar-refractivity contribution < 1.29 is 28.5 Å². The second-order valence-corrected chi connectivity index (χ2v) is 13.0. The highest BCUT2D eigenvalue weighted by molar-refractivity contribution is 5.74. The third-order valence-corrected chi connectivity index (χ3v) is 8.37. The van der Waals surface area contributed by atoms with E-state index >= 15 is 0 Å². The van der Waals surface area contributed by atoms with Crippen LogP contribution in [0.15, 0.2) is 66.7 Å². The number of esters is 1. The zero-order valence-electron chi connectivity index (χ0n) is 26.5. The van der Waals surface area contributed by atoms with Crippen LogP contribution in [-0.4, -0.2) is 51.1 Å². The molecule has 234 valence electrons. The minimum atomic E-state index is -0.565. The SMILES string of the molecule is COC(=O)Cc1ccccc1OCc1cc(-c2cccc(C(C)NC(=O)OC(C)(C)C)c2)cc(N2CCC3(CC2)COC3)c1. The van der Waals surface area contributed by atoms with Gasteiger partial charge in [-0.05, 0) is 93.1 Å². The van der Waals surface area contributed by atoms with Crippen LogP contribution >= 0.6 is 0 Å². The molecule has 0 radical (unpaired) electrons. The van der Waals surface area contributed by atoms with E-state index in [1.165, 1.54) is 7.11 Å². The highest BCUT2D eigenvalue weighted by atomic mass is 16.6. The minimum absolute atomic E-state index is 0.152. The molecule has 2 heterocycles. The van der Waals surface area contributed by atoms with Crippen LogP contribution in [-0.2, 0) is 32.0 Å². The number of benzene rings is 3. The number of carbonyl (C=O) groups is 2. The van der Waals surface area contributed by atoms with Crippen molar-refractivity contribution in [3.05, 3.63) is 83.4 Å². The molecule has 1 atom stereocenters. The first-order valence-electron chi connectivity index (χ1n) is 15.4. The average molecular weight is 601 g/mol. The van der Waals surface area contributed by atoms with Crippen LogP contribution in [0.3, 0.4) is 0 Å². The third-order valence-electron chi connectivity index (χ3n) is 8.37. The van der Waals surface area contributed by atoms with Crippen molar-refractivity contribution >= 4 is 17.7 Å². The Morgan fingerprint density at radius 1 is 0.977 bits per heavy atom.